The Morgan fingerprint density at radius 2 is 1.47 bits per heavy atom. The largest absolute Gasteiger partial charge is 0.0623 e. The van der Waals surface area contributed by atoms with Crippen LogP contribution in [0.3, 0.4) is 0 Å². The summed E-state index contributed by atoms with van der Waals surface area (Å²) in [5.74, 6) is 0.869. The van der Waals surface area contributed by atoms with Gasteiger partial charge in [-0.05, 0) is 54.3 Å². The molecule has 2 saturated carbocycles. The van der Waals surface area contributed by atoms with E-state index in [1.807, 2.05) is 0 Å². The molecule has 2 rings (SSSR count). The molecule has 88 valence electrons. The average molecular weight is 208 g/mol. The molecule has 0 radical (unpaired) electrons. The first-order valence-electron chi connectivity index (χ1n) is 6.77. The lowest BCUT2D eigenvalue weighted by molar-refractivity contribution is -0.108. The second kappa shape index (κ2) is 3.25. The maximum Gasteiger partial charge on any atom is -0.0282 e. The molecule has 2 aliphatic rings. The van der Waals surface area contributed by atoms with E-state index >= 15 is 0 Å². The van der Waals surface area contributed by atoms with E-state index in [1.54, 1.807) is 0 Å². The third-order valence-corrected chi connectivity index (χ3v) is 5.37. The normalized spacial score (nSPS) is 44.4. The topological polar surface area (TPSA) is 0 Å². The van der Waals surface area contributed by atoms with Crippen molar-refractivity contribution in [2.45, 2.75) is 73.1 Å². The van der Waals surface area contributed by atoms with E-state index in [1.165, 1.54) is 38.5 Å². The van der Waals surface area contributed by atoms with Gasteiger partial charge in [0.25, 0.3) is 0 Å². The second-order valence-electron chi connectivity index (χ2n) is 7.86. The van der Waals surface area contributed by atoms with Crippen LogP contribution in [0.15, 0.2) is 0 Å². The van der Waals surface area contributed by atoms with Gasteiger partial charge < -0.3 is 0 Å². The van der Waals surface area contributed by atoms with Gasteiger partial charge in [-0.2, -0.15) is 0 Å². The molecule has 0 aromatic carbocycles. The summed E-state index contributed by atoms with van der Waals surface area (Å²) in [6, 6.07) is 0. The van der Waals surface area contributed by atoms with Gasteiger partial charge in [-0.1, -0.05) is 41.0 Å². The molecular formula is C15H28. The van der Waals surface area contributed by atoms with Crippen LogP contribution in [0.1, 0.15) is 73.1 Å². The highest BCUT2D eigenvalue weighted by Gasteiger charge is 2.55. The zero-order valence-corrected chi connectivity index (χ0v) is 11.3. The number of hydrogen-bond acceptors (Lipinski definition) is 0. The second-order valence-corrected chi connectivity index (χ2v) is 7.86. The summed E-state index contributed by atoms with van der Waals surface area (Å²) in [7, 11) is 0. The molecule has 0 saturated heterocycles. The fourth-order valence-electron chi connectivity index (χ4n) is 4.51. The van der Waals surface area contributed by atoms with Crippen LogP contribution < -0.4 is 0 Å². The van der Waals surface area contributed by atoms with Gasteiger partial charge in [0.1, 0.15) is 0 Å². The lowest BCUT2D eigenvalue weighted by Gasteiger charge is -2.61. The molecule has 0 N–H and O–H groups in total. The highest BCUT2D eigenvalue weighted by Crippen LogP contribution is 2.66. The van der Waals surface area contributed by atoms with Gasteiger partial charge in [0, 0.05) is 0 Å². The van der Waals surface area contributed by atoms with Crippen LogP contribution in [0.4, 0.5) is 0 Å². The lowest BCUT2D eigenvalue weighted by Crippen LogP contribution is -2.51. The van der Waals surface area contributed by atoms with E-state index < -0.39 is 0 Å². The maximum absolute atomic E-state index is 2.50. The van der Waals surface area contributed by atoms with Crippen molar-refractivity contribution in [1.29, 1.82) is 0 Å². The minimum Gasteiger partial charge on any atom is -0.0623 e. The van der Waals surface area contributed by atoms with Crippen LogP contribution in [-0.2, 0) is 0 Å². The van der Waals surface area contributed by atoms with E-state index in [2.05, 4.69) is 34.6 Å². The number of hydrogen-bond donors (Lipinski definition) is 0. The third kappa shape index (κ3) is 1.97. The van der Waals surface area contributed by atoms with Gasteiger partial charge in [-0.15, -0.1) is 0 Å². The van der Waals surface area contributed by atoms with Crippen LogP contribution in [0.2, 0.25) is 0 Å². The Morgan fingerprint density at radius 1 is 0.867 bits per heavy atom. The molecule has 0 amide bonds. The first kappa shape index (κ1) is 11.5. The van der Waals surface area contributed by atoms with Crippen molar-refractivity contribution in [3.8, 4) is 0 Å². The Balaban J connectivity index is 2.02. The fourth-order valence-corrected chi connectivity index (χ4v) is 4.51. The molecule has 0 aliphatic heterocycles. The van der Waals surface area contributed by atoms with Crippen molar-refractivity contribution in [1.82, 2.24) is 0 Å². The predicted octanol–water partition coefficient (Wildman–Crippen LogP) is 5.03. The molecule has 0 atom stereocenters. The molecule has 0 heterocycles. The molecule has 1 spiro atoms. The Morgan fingerprint density at radius 3 is 1.93 bits per heavy atom. The minimum atomic E-state index is 0.622. The molecule has 0 aromatic heterocycles. The van der Waals surface area contributed by atoms with Crippen LogP contribution in [0.5, 0.6) is 0 Å². The maximum atomic E-state index is 2.50. The summed E-state index contributed by atoms with van der Waals surface area (Å²) >= 11 is 0. The Kier molecular flexibility index (Phi) is 2.48. The Bertz CT molecular complexity index is 241. The molecule has 15 heavy (non-hydrogen) atoms. The van der Waals surface area contributed by atoms with Crippen molar-refractivity contribution < 1.29 is 0 Å². The van der Waals surface area contributed by atoms with Crippen molar-refractivity contribution in [2.24, 2.45) is 22.2 Å². The SMILES string of the molecule is CC(C)C1(C)CC2(CCCC(C)(C)C2)C1. The summed E-state index contributed by atoms with van der Waals surface area (Å²) < 4.78 is 0. The highest BCUT2D eigenvalue weighted by atomic mass is 14.6. The minimum absolute atomic E-state index is 0.622. The van der Waals surface area contributed by atoms with E-state index in [-0.39, 0.29) is 0 Å². The number of rotatable bonds is 1. The van der Waals surface area contributed by atoms with Crippen LogP contribution in [0.25, 0.3) is 0 Å². The summed E-state index contributed by atoms with van der Waals surface area (Å²) in [4.78, 5) is 0. The molecule has 2 aliphatic carbocycles. The van der Waals surface area contributed by atoms with Crippen molar-refractivity contribution >= 4 is 0 Å². The van der Waals surface area contributed by atoms with Crippen LogP contribution in [-0.4, -0.2) is 0 Å². The van der Waals surface area contributed by atoms with E-state index in [9.17, 15) is 0 Å². The zero-order chi connectivity index (χ0) is 11.3. The molecule has 0 nitrogen and oxygen atoms in total. The first-order chi connectivity index (χ1) is 6.77. The quantitative estimate of drug-likeness (QED) is 0.567. The zero-order valence-electron chi connectivity index (χ0n) is 11.3. The third-order valence-electron chi connectivity index (χ3n) is 5.37. The van der Waals surface area contributed by atoms with E-state index in [0.29, 0.717) is 10.8 Å². The fraction of sp³-hybridized carbons (Fsp3) is 1.00. The molecule has 0 unspecified atom stereocenters. The Labute approximate surface area is 95.8 Å². The van der Waals surface area contributed by atoms with E-state index in [0.717, 1.165) is 11.3 Å². The van der Waals surface area contributed by atoms with Gasteiger partial charge >= 0.3 is 0 Å². The summed E-state index contributed by atoms with van der Waals surface area (Å²) in [5.41, 5.74) is 2.03. The molecule has 0 heteroatoms. The standard InChI is InChI=1S/C15H28/c1-12(2)14(5)10-15(11-14)8-6-7-13(3,4)9-15/h12H,6-11H2,1-5H3. The monoisotopic (exact) mass is 208 g/mol. The smallest absolute Gasteiger partial charge is 0.0282 e. The molecule has 0 aromatic rings. The summed E-state index contributed by atoms with van der Waals surface area (Å²) in [6.07, 6.45) is 8.93. The van der Waals surface area contributed by atoms with Gasteiger partial charge in [0.15, 0.2) is 0 Å². The molecule has 0 bridgehead atoms. The van der Waals surface area contributed by atoms with Gasteiger partial charge in [-0.3, -0.25) is 0 Å². The van der Waals surface area contributed by atoms with Crippen molar-refractivity contribution in [2.75, 3.05) is 0 Å². The van der Waals surface area contributed by atoms with Gasteiger partial charge in [-0.25, -0.2) is 0 Å². The first-order valence-corrected chi connectivity index (χ1v) is 6.77. The van der Waals surface area contributed by atoms with Gasteiger partial charge in [0.05, 0.1) is 0 Å². The van der Waals surface area contributed by atoms with Crippen molar-refractivity contribution in [3.63, 3.8) is 0 Å². The highest BCUT2D eigenvalue weighted by molar-refractivity contribution is 5.05. The summed E-state index contributed by atoms with van der Waals surface area (Å²) in [5, 5.41) is 0. The van der Waals surface area contributed by atoms with Crippen LogP contribution in [0, 0.1) is 22.2 Å². The lowest BCUT2D eigenvalue weighted by atomic mass is 9.44. The van der Waals surface area contributed by atoms with Crippen LogP contribution >= 0.6 is 0 Å². The Hall–Kier alpha value is 0. The predicted molar refractivity (Wildman–Crippen MR) is 66.9 cm³/mol. The van der Waals surface area contributed by atoms with Gasteiger partial charge in [0.2, 0.25) is 0 Å². The summed E-state index contributed by atoms with van der Waals surface area (Å²) in [6.45, 7) is 12.3. The van der Waals surface area contributed by atoms with Crippen molar-refractivity contribution in [3.05, 3.63) is 0 Å². The molecule has 2 fully saturated rings. The van der Waals surface area contributed by atoms with E-state index in [4.69, 9.17) is 0 Å². The molecular weight excluding hydrogens is 180 g/mol. The average Bonchev–Trinajstić information content (AvgIpc) is 1.98.